The number of sulfonamides is 1. The van der Waals surface area contributed by atoms with Gasteiger partial charge in [0.2, 0.25) is 10.0 Å². The molecular formula is C24H31N5O3S. The molecule has 1 saturated heterocycles. The van der Waals surface area contributed by atoms with Crippen LogP contribution in [0.15, 0.2) is 17.0 Å². The van der Waals surface area contributed by atoms with Gasteiger partial charge in [-0.3, -0.25) is 9.48 Å². The van der Waals surface area contributed by atoms with Crippen LogP contribution in [0.3, 0.4) is 0 Å². The van der Waals surface area contributed by atoms with Crippen molar-refractivity contribution in [3.63, 3.8) is 0 Å². The van der Waals surface area contributed by atoms with Gasteiger partial charge in [0.1, 0.15) is 0 Å². The third-order valence-electron chi connectivity index (χ3n) is 6.75. The van der Waals surface area contributed by atoms with Crippen LogP contribution in [-0.4, -0.2) is 64.5 Å². The second-order valence-corrected chi connectivity index (χ2v) is 10.9. The molecule has 0 aliphatic carbocycles. The van der Waals surface area contributed by atoms with Crippen molar-refractivity contribution in [1.29, 1.82) is 0 Å². The highest BCUT2D eigenvalue weighted by Crippen LogP contribution is 2.30. The predicted octanol–water partition coefficient (Wildman–Crippen LogP) is 2.97. The number of piperazine rings is 1. The molecule has 0 spiro atoms. The Kier molecular flexibility index (Phi) is 5.82. The maximum atomic E-state index is 13.5. The van der Waals surface area contributed by atoms with Gasteiger partial charge in [0.25, 0.3) is 5.91 Å². The van der Waals surface area contributed by atoms with E-state index in [4.69, 9.17) is 0 Å². The lowest BCUT2D eigenvalue weighted by Gasteiger charge is -2.35. The van der Waals surface area contributed by atoms with Crippen LogP contribution in [0.5, 0.6) is 0 Å². The molecule has 4 rings (SSSR count). The maximum absolute atomic E-state index is 13.5. The topological polar surface area (TPSA) is 88.4 Å². The fourth-order valence-corrected chi connectivity index (χ4v) is 6.74. The first-order valence-corrected chi connectivity index (χ1v) is 12.5. The van der Waals surface area contributed by atoms with E-state index in [9.17, 15) is 13.2 Å². The third-order valence-corrected chi connectivity index (χ3v) is 8.92. The normalized spacial score (nSPS) is 15.4. The van der Waals surface area contributed by atoms with Crippen LogP contribution in [0, 0.1) is 41.5 Å². The number of hydrogen-bond donors (Lipinski definition) is 0. The van der Waals surface area contributed by atoms with Crippen molar-refractivity contribution in [1.82, 2.24) is 24.0 Å². The third kappa shape index (κ3) is 3.83. The summed E-state index contributed by atoms with van der Waals surface area (Å²) in [6, 6.07) is 3.82. The molecule has 0 saturated carbocycles. The summed E-state index contributed by atoms with van der Waals surface area (Å²) in [6.07, 6.45) is 0. The Hall–Kier alpha value is -2.78. The molecule has 0 N–H and O–H groups in total. The number of rotatable bonds is 3. The number of carbonyl (C=O) groups is 1. The zero-order valence-corrected chi connectivity index (χ0v) is 21.2. The molecule has 2 aromatic heterocycles. The fourth-order valence-electron chi connectivity index (χ4n) is 4.74. The van der Waals surface area contributed by atoms with Crippen LogP contribution < -0.4 is 0 Å². The van der Waals surface area contributed by atoms with Crippen LogP contribution >= 0.6 is 0 Å². The molecule has 1 fully saturated rings. The quantitative estimate of drug-likeness (QED) is 0.588. The molecule has 1 aliphatic rings. The Morgan fingerprint density at radius 3 is 2.06 bits per heavy atom. The van der Waals surface area contributed by atoms with Gasteiger partial charge in [0.15, 0.2) is 5.65 Å². The van der Waals surface area contributed by atoms with E-state index in [1.807, 2.05) is 54.7 Å². The molecule has 9 heteroatoms. The van der Waals surface area contributed by atoms with E-state index < -0.39 is 10.0 Å². The minimum absolute atomic E-state index is 0.114. The molecule has 1 aliphatic heterocycles. The van der Waals surface area contributed by atoms with Crippen LogP contribution in [-0.2, 0) is 17.1 Å². The first-order valence-electron chi connectivity index (χ1n) is 11.1. The van der Waals surface area contributed by atoms with Crippen molar-refractivity contribution in [2.24, 2.45) is 7.05 Å². The summed E-state index contributed by atoms with van der Waals surface area (Å²) in [5, 5.41) is 5.18. The Morgan fingerprint density at radius 2 is 1.48 bits per heavy atom. The van der Waals surface area contributed by atoms with Crippen LogP contribution in [0.1, 0.15) is 44.0 Å². The Labute approximate surface area is 195 Å². The fraction of sp³-hybridized carbons (Fsp3) is 0.458. The van der Waals surface area contributed by atoms with Crippen LogP contribution in [0.4, 0.5) is 0 Å². The average Bonchev–Trinajstić information content (AvgIpc) is 3.04. The highest BCUT2D eigenvalue weighted by Gasteiger charge is 2.33. The van der Waals surface area contributed by atoms with Crippen LogP contribution in [0.2, 0.25) is 0 Å². The molecule has 1 aromatic carbocycles. The molecule has 176 valence electrons. The van der Waals surface area contributed by atoms with Crippen molar-refractivity contribution in [2.45, 2.75) is 46.4 Å². The molecule has 3 heterocycles. The van der Waals surface area contributed by atoms with E-state index in [2.05, 4.69) is 10.1 Å². The number of aryl methyl sites for hydroxylation is 5. The van der Waals surface area contributed by atoms with E-state index in [1.165, 1.54) is 4.31 Å². The van der Waals surface area contributed by atoms with Gasteiger partial charge in [-0.15, -0.1) is 0 Å². The van der Waals surface area contributed by atoms with Crippen LogP contribution in [0.25, 0.3) is 11.0 Å². The summed E-state index contributed by atoms with van der Waals surface area (Å²) >= 11 is 0. The zero-order valence-electron chi connectivity index (χ0n) is 20.4. The molecule has 0 atom stereocenters. The van der Waals surface area contributed by atoms with Crippen molar-refractivity contribution in [3.8, 4) is 0 Å². The summed E-state index contributed by atoms with van der Waals surface area (Å²) in [5.41, 5.74) is 6.26. The smallest absolute Gasteiger partial charge is 0.254 e. The summed E-state index contributed by atoms with van der Waals surface area (Å²) in [6.45, 7) is 12.5. The van der Waals surface area contributed by atoms with E-state index in [-0.39, 0.29) is 19.0 Å². The lowest BCUT2D eigenvalue weighted by Crippen LogP contribution is -2.50. The van der Waals surface area contributed by atoms with Gasteiger partial charge in [-0.05, 0) is 69.9 Å². The molecule has 0 unspecified atom stereocenters. The molecule has 0 bridgehead atoms. The summed E-state index contributed by atoms with van der Waals surface area (Å²) in [5.74, 6) is -0.114. The summed E-state index contributed by atoms with van der Waals surface area (Å²) in [7, 11) is -1.84. The van der Waals surface area contributed by atoms with Gasteiger partial charge in [0, 0.05) is 38.9 Å². The molecule has 8 nitrogen and oxygen atoms in total. The number of amides is 1. The molecule has 0 radical (unpaired) electrons. The maximum Gasteiger partial charge on any atom is 0.254 e. The Balaban J connectivity index is 1.61. The van der Waals surface area contributed by atoms with Gasteiger partial charge >= 0.3 is 0 Å². The summed E-state index contributed by atoms with van der Waals surface area (Å²) < 4.78 is 30.3. The Bertz CT molecular complexity index is 1360. The second-order valence-electron chi connectivity index (χ2n) is 9.00. The van der Waals surface area contributed by atoms with Crippen molar-refractivity contribution in [2.75, 3.05) is 26.2 Å². The number of pyridine rings is 1. The van der Waals surface area contributed by atoms with E-state index in [0.717, 1.165) is 39.0 Å². The predicted molar refractivity (Wildman–Crippen MR) is 128 cm³/mol. The number of fused-ring (bicyclic) bond motifs is 1. The van der Waals surface area contributed by atoms with Gasteiger partial charge in [0.05, 0.1) is 21.5 Å². The molecule has 33 heavy (non-hydrogen) atoms. The van der Waals surface area contributed by atoms with E-state index >= 15 is 0 Å². The number of hydrogen-bond acceptors (Lipinski definition) is 5. The average molecular weight is 470 g/mol. The second kappa shape index (κ2) is 8.22. The van der Waals surface area contributed by atoms with Gasteiger partial charge in [-0.1, -0.05) is 6.07 Å². The largest absolute Gasteiger partial charge is 0.336 e. The standard InChI is InChI=1S/C24H31N5O3S/c1-14-12-15(2)18(5)22(17(14)4)33(31,32)29-10-8-28(9-11-29)24(30)20-13-16(3)25-23-21(20)19(6)26-27(23)7/h12-13H,8-11H2,1-7H3. The van der Waals surface area contributed by atoms with Crippen molar-refractivity contribution >= 4 is 27.0 Å². The van der Waals surface area contributed by atoms with Crippen molar-refractivity contribution < 1.29 is 13.2 Å². The number of aromatic nitrogens is 3. The number of carbonyl (C=O) groups excluding carboxylic acids is 1. The van der Waals surface area contributed by atoms with Gasteiger partial charge in [-0.25, -0.2) is 13.4 Å². The zero-order chi connectivity index (χ0) is 24.2. The van der Waals surface area contributed by atoms with Crippen molar-refractivity contribution in [3.05, 3.63) is 51.3 Å². The van der Waals surface area contributed by atoms with Gasteiger partial charge < -0.3 is 4.90 Å². The van der Waals surface area contributed by atoms with Gasteiger partial charge in [-0.2, -0.15) is 9.40 Å². The number of nitrogens with zero attached hydrogens (tertiary/aromatic N) is 5. The molecular weight excluding hydrogens is 438 g/mol. The highest BCUT2D eigenvalue weighted by atomic mass is 32.2. The monoisotopic (exact) mass is 469 g/mol. The first kappa shape index (κ1) is 23.4. The number of benzene rings is 1. The highest BCUT2D eigenvalue weighted by molar-refractivity contribution is 7.89. The lowest BCUT2D eigenvalue weighted by atomic mass is 10.0. The molecule has 3 aromatic rings. The lowest BCUT2D eigenvalue weighted by molar-refractivity contribution is 0.0699. The van der Waals surface area contributed by atoms with E-state index in [1.54, 1.807) is 15.6 Å². The minimum atomic E-state index is -3.65. The summed E-state index contributed by atoms with van der Waals surface area (Å²) in [4.78, 5) is 20.1. The minimum Gasteiger partial charge on any atom is -0.336 e. The SMILES string of the molecule is Cc1cc(C(=O)N2CCN(S(=O)(=O)c3c(C)c(C)cc(C)c3C)CC2)c2c(C)nn(C)c2n1. The van der Waals surface area contributed by atoms with E-state index in [0.29, 0.717) is 29.2 Å². The first-order chi connectivity index (χ1) is 15.4. The molecule has 1 amide bonds. The Morgan fingerprint density at radius 1 is 0.909 bits per heavy atom.